The summed E-state index contributed by atoms with van der Waals surface area (Å²) in [5, 5.41) is 0. The molecule has 0 fully saturated rings. The Bertz CT molecular complexity index is 1170. The van der Waals surface area contributed by atoms with Gasteiger partial charge in [0, 0.05) is 32.4 Å². The second-order valence-corrected chi connectivity index (χ2v) is 7.99. The monoisotopic (exact) mass is 411 g/mol. The Morgan fingerprint density at radius 1 is 1.13 bits per heavy atom. The molecular formula is C22H29N5O3. The molecule has 3 aromatic rings. The number of aryl methyl sites for hydroxylation is 1. The number of nitrogens with zero attached hydrogens (tertiary/aromatic N) is 5. The van der Waals surface area contributed by atoms with Gasteiger partial charge in [0.2, 0.25) is 5.95 Å². The molecule has 0 saturated carbocycles. The molecule has 1 aliphatic heterocycles. The maximum absolute atomic E-state index is 13.3. The fraction of sp³-hybridized carbons (Fsp3) is 0.500. The van der Waals surface area contributed by atoms with Crippen molar-refractivity contribution < 1.29 is 4.74 Å². The lowest BCUT2D eigenvalue weighted by Gasteiger charge is -2.33. The minimum absolute atomic E-state index is 0.249. The van der Waals surface area contributed by atoms with Gasteiger partial charge in [0.25, 0.3) is 5.56 Å². The second kappa shape index (κ2) is 8.01. The van der Waals surface area contributed by atoms with Gasteiger partial charge in [-0.15, -0.1) is 0 Å². The summed E-state index contributed by atoms with van der Waals surface area (Å²) in [6.07, 6.45) is 1.71. The molecule has 30 heavy (non-hydrogen) atoms. The summed E-state index contributed by atoms with van der Waals surface area (Å²) in [5.41, 5.74) is 1.37. The van der Waals surface area contributed by atoms with Crippen LogP contribution in [0.5, 0.6) is 5.75 Å². The fourth-order valence-corrected chi connectivity index (χ4v) is 4.13. The van der Waals surface area contributed by atoms with Gasteiger partial charge in [0.15, 0.2) is 11.2 Å². The van der Waals surface area contributed by atoms with Crippen molar-refractivity contribution in [3.8, 4) is 5.75 Å². The van der Waals surface area contributed by atoms with Gasteiger partial charge in [-0.25, -0.2) is 4.79 Å². The first-order valence-electron chi connectivity index (χ1n) is 10.7. The molecule has 0 amide bonds. The molecule has 1 aromatic carbocycles. The van der Waals surface area contributed by atoms with E-state index in [1.807, 2.05) is 42.7 Å². The van der Waals surface area contributed by atoms with Crippen molar-refractivity contribution in [3.63, 3.8) is 0 Å². The normalized spacial score (nSPS) is 16.1. The van der Waals surface area contributed by atoms with Crippen LogP contribution in [0.25, 0.3) is 11.2 Å². The van der Waals surface area contributed by atoms with E-state index in [0.29, 0.717) is 42.7 Å². The summed E-state index contributed by atoms with van der Waals surface area (Å²) in [7, 11) is 1.69. The lowest BCUT2D eigenvalue weighted by atomic mass is 10.1. The summed E-state index contributed by atoms with van der Waals surface area (Å²) < 4.78 is 10.4. The quantitative estimate of drug-likeness (QED) is 0.624. The summed E-state index contributed by atoms with van der Waals surface area (Å²) in [6, 6.07) is 7.90. The third-order valence-electron chi connectivity index (χ3n) is 5.64. The van der Waals surface area contributed by atoms with Crippen molar-refractivity contribution in [2.45, 2.75) is 46.7 Å². The zero-order chi connectivity index (χ0) is 21.4. The molecule has 0 unspecified atom stereocenters. The third-order valence-corrected chi connectivity index (χ3v) is 5.64. The Labute approximate surface area is 175 Å². The van der Waals surface area contributed by atoms with Gasteiger partial charge in [-0.3, -0.25) is 13.9 Å². The van der Waals surface area contributed by atoms with Gasteiger partial charge in [-0.2, -0.15) is 4.98 Å². The number of benzene rings is 1. The van der Waals surface area contributed by atoms with Crippen LogP contribution in [0.3, 0.4) is 0 Å². The molecule has 1 aliphatic rings. The van der Waals surface area contributed by atoms with Crippen LogP contribution in [0.15, 0.2) is 33.9 Å². The van der Waals surface area contributed by atoms with Crippen molar-refractivity contribution in [2.75, 3.05) is 18.1 Å². The molecule has 0 N–H and O–H groups in total. The number of fused-ring (bicyclic) bond motifs is 3. The minimum Gasteiger partial charge on any atom is -0.494 e. The van der Waals surface area contributed by atoms with Crippen LogP contribution in [0.2, 0.25) is 0 Å². The highest BCUT2D eigenvalue weighted by atomic mass is 16.5. The zero-order valence-corrected chi connectivity index (χ0v) is 18.1. The Balaban J connectivity index is 1.88. The molecule has 2 aromatic heterocycles. The molecule has 4 rings (SSSR count). The number of ether oxygens (including phenoxy) is 1. The van der Waals surface area contributed by atoms with E-state index in [9.17, 15) is 9.59 Å². The number of unbranched alkanes of at least 4 members (excludes halogenated alkanes) is 1. The summed E-state index contributed by atoms with van der Waals surface area (Å²) >= 11 is 0. The molecular weight excluding hydrogens is 382 g/mol. The first-order chi connectivity index (χ1) is 14.5. The Hall–Kier alpha value is -3.03. The number of anilines is 2. The highest BCUT2D eigenvalue weighted by Gasteiger charge is 2.29. The van der Waals surface area contributed by atoms with Gasteiger partial charge >= 0.3 is 5.69 Å². The van der Waals surface area contributed by atoms with Crippen LogP contribution in [-0.2, 0) is 20.1 Å². The van der Waals surface area contributed by atoms with Gasteiger partial charge in [-0.05, 0) is 43.5 Å². The summed E-state index contributed by atoms with van der Waals surface area (Å²) in [4.78, 5) is 32.9. The number of rotatable bonds is 6. The molecule has 0 saturated heterocycles. The van der Waals surface area contributed by atoms with Gasteiger partial charge < -0.3 is 14.2 Å². The first-order valence-corrected chi connectivity index (χ1v) is 10.7. The fourth-order valence-electron chi connectivity index (χ4n) is 4.13. The van der Waals surface area contributed by atoms with Crippen LogP contribution >= 0.6 is 0 Å². The molecule has 8 heteroatoms. The summed E-state index contributed by atoms with van der Waals surface area (Å²) in [5.74, 6) is 1.84. The molecule has 0 spiro atoms. The van der Waals surface area contributed by atoms with E-state index in [1.165, 1.54) is 9.13 Å². The van der Waals surface area contributed by atoms with E-state index in [4.69, 9.17) is 9.72 Å². The van der Waals surface area contributed by atoms with Crippen LogP contribution < -0.4 is 20.9 Å². The molecule has 1 atom stereocenters. The highest BCUT2D eigenvalue weighted by molar-refractivity contribution is 5.77. The van der Waals surface area contributed by atoms with Crippen LogP contribution in [0.1, 0.15) is 33.6 Å². The van der Waals surface area contributed by atoms with Crippen molar-refractivity contribution in [2.24, 2.45) is 13.0 Å². The smallest absolute Gasteiger partial charge is 0.332 e. The molecule has 3 heterocycles. The SMILES string of the molecule is CCCCn1c(=O)c2c(nc3n2C[C@@H](C)CN3c2ccc(OCC)cc2)n(C)c1=O. The average Bonchev–Trinajstić information content (AvgIpc) is 3.12. The Kier molecular flexibility index (Phi) is 5.40. The first kappa shape index (κ1) is 20.3. The lowest BCUT2D eigenvalue weighted by molar-refractivity contribution is 0.340. The van der Waals surface area contributed by atoms with Crippen molar-refractivity contribution >= 4 is 22.8 Å². The van der Waals surface area contributed by atoms with E-state index in [0.717, 1.165) is 30.8 Å². The topological polar surface area (TPSA) is 74.3 Å². The van der Waals surface area contributed by atoms with Crippen molar-refractivity contribution in [1.29, 1.82) is 0 Å². The van der Waals surface area contributed by atoms with E-state index < -0.39 is 0 Å². The van der Waals surface area contributed by atoms with Crippen molar-refractivity contribution in [1.82, 2.24) is 18.7 Å². The predicted octanol–water partition coefficient (Wildman–Crippen LogP) is 2.88. The maximum atomic E-state index is 13.3. The van der Waals surface area contributed by atoms with Crippen LogP contribution in [0, 0.1) is 5.92 Å². The van der Waals surface area contributed by atoms with Crippen LogP contribution in [0.4, 0.5) is 11.6 Å². The standard InChI is InChI=1S/C22H29N5O3/c1-5-7-12-25-20(28)18-19(24(4)22(25)29)23-21-26(13-15(3)14-27(18)21)16-8-10-17(11-9-16)30-6-2/h8-11,15H,5-7,12-14H2,1-4H3/t15-/m0/s1. The van der Waals surface area contributed by atoms with Gasteiger partial charge in [0.1, 0.15) is 5.75 Å². The molecule has 0 radical (unpaired) electrons. The second-order valence-electron chi connectivity index (χ2n) is 7.99. The Morgan fingerprint density at radius 3 is 2.53 bits per heavy atom. The zero-order valence-electron chi connectivity index (χ0n) is 18.1. The van der Waals surface area contributed by atoms with Crippen LogP contribution in [-0.4, -0.2) is 31.8 Å². The number of hydrogen-bond donors (Lipinski definition) is 0. The van der Waals surface area contributed by atoms with Gasteiger partial charge in [0.05, 0.1) is 6.61 Å². The van der Waals surface area contributed by atoms with E-state index in [-0.39, 0.29) is 11.2 Å². The maximum Gasteiger partial charge on any atom is 0.332 e. The number of imidazole rings is 1. The highest BCUT2D eigenvalue weighted by Crippen LogP contribution is 2.33. The Morgan fingerprint density at radius 2 is 1.87 bits per heavy atom. The molecule has 8 nitrogen and oxygen atoms in total. The van der Waals surface area contributed by atoms with E-state index >= 15 is 0 Å². The molecule has 0 bridgehead atoms. The van der Waals surface area contributed by atoms with Gasteiger partial charge in [-0.1, -0.05) is 20.3 Å². The third kappa shape index (κ3) is 3.30. The minimum atomic E-state index is -0.308. The average molecular weight is 412 g/mol. The number of aromatic nitrogens is 4. The van der Waals surface area contributed by atoms with E-state index in [1.54, 1.807) is 7.05 Å². The largest absolute Gasteiger partial charge is 0.494 e. The molecule has 160 valence electrons. The number of hydrogen-bond acceptors (Lipinski definition) is 5. The lowest BCUT2D eigenvalue weighted by Crippen LogP contribution is -2.40. The molecule has 0 aliphatic carbocycles. The van der Waals surface area contributed by atoms with E-state index in [2.05, 4.69) is 11.8 Å². The van der Waals surface area contributed by atoms with Crippen molar-refractivity contribution in [3.05, 3.63) is 45.1 Å². The summed E-state index contributed by atoms with van der Waals surface area (Å²) in [6.45, 7) is 8.69. The predicted molar refractivity (Wildman–Crippen MR) is 118 cm³/mol.